The minimum Gasteiger partial charge on any atom is -0.476 e. The number of carboxylic acids is 1. The fourth-order valence-corrected chi connectivity index (χ4v) is 1.65. The third-order valence-electron chi connectivity index (χ3n) is 2.65. The summed E-state index contributed by atoms with van der Waals surface area (Å²) >= 11 is 0. The molecule has 0 fully saturated rings. The van der Waals surface area contributed by atoms with Crippen molar-refractivity contribution in [2.45, 2.75) is 19.5 Å². The van der Waals surface area contributed by atoms with Gasteiger partial charge in [0, 0.05) is 38.1 Å². The molecule has 106 valence electrons. The van der Waals surface area contributed by atoms with Crippen LogP contribution in [0.15, 0.2) is 30.7 Å². The molecule has 2 heterocycles. The van der Waals surface area contributed by atoms with Crippen LogP contribution < -0.4 is 5.32 Å². The number of rotatable bonds is 7. The number of amides is 1. The highest BCUT2D eigenvalue weighted by Crippen LogP contribution is 1.97. The summed E-state index contributed by atoms with van der Waals surface area (Å²) < 4.78 is 3.17. The van der Waals surface area contributed by atoms with Crippen molar-refractivity contribution in [2.24, 2.45) is 0 Å². The Bertz CT molecular complexity index is 576. The Balaban J connectivity index is 1.67. The van der Waals surface area contributed by atoms with Crippen molar-refractivity contribution in [3.63, 3.8) is 0 Å². The van der Waals surface area contributed by atoms with Gasteiger partial charge in [-0.3, -0.25) is 14.2 Å². The van der Waals surface area contributed by atoms with Crippen molar-refractivity contribution < 1.29 is 14.7 Å². The van der Waals surface area contributed by atoms with Crippen LogP contribution in [-0.4, -0.2) is 43.1 Å². The highest BCUT2D eigenvalue weighted by Gasteiger charge is 2.07. The van der Waals surface area contributed by atoms with Crippen LogP contribution in [0, 0.1) is 0 Å². The van der Waals surface area contributed by atoms with Gasteiger partial charge in [0.25, 0.3) is 0 Å². The first-order valence-corrected chi connectivity index (χ1v) is 6.16. The van der Waals surface area contributed by atoms with E-state index in [2.05, 4.69) is 15.5 Å². The lowest BCUT2D eigenvalue weighted by atomic mass is 10.4. The Labute approximate surface area is 115 Å². The van der Waals surface area contributed by atoms with E-state index < -0.39 is 5.97 Å². The molecule has 8 heteroatoms. The number of carbonyl (C=O) groups excluding carboxylic acids is 1. The van der Waals surface area contributed by atoms with Crippen molar-refractivity contribution >= 4 is 11.9 Å². The number of hydrogen-bond donors (Lipinski definition) is 2. The number of carboxylic acid groups (broad SMARTS) is 1. The fourth-order valence-electron chi connectivity index (χ4n) is 1.65. The molecule has 0 aromatic carbocycles. The van der Waals surface area contributed by atoms with Gasteiger partial charge in [0.2, 0.25) is 5.91 Å². The summed E-state index contributed by atoms with van der Waals surface area (Å²) in [5.41, 5.74) is -0.0240. The van der Waals surface area contributed by atoms with E-state index in [0.717, 1.165) is 0 Å². The second-order valence-corrected chi connectivity index (χ2v) is 4.14. The van der Waals surface area contributed by atoms with E-state index in [4.69, 9.17) is 5.11 Å². The molecule has 0 aliphatic rings. The Morgan fingerprint density at radius 3 is 2.75 bits per heavy atom. The molecular weight excluding hydrogens is 262 g/mol. The van der Waals surface area contributed by atoms with E-state index in [-0.39, 0.29) is 18.0 Å². The van der Waals surface area contributed by atoms with Gasteiger partial charge in [0.05, 0.1) is 6.54 Å². The maximum absolute atomic E-state index is 11.6. The van der Waals surface area contributed by atoms with Gasteiger partial charge in [-0.05, 0) is 12.1 Å². The molecule has 0 radical (unpaired) electrons. The zero-order valence-electron chi connectivity index (χ0n) is 10.8. The Morgan fingerprint density at radius 1 is 1.25 bits per heavy atom. The van der Waals surface area contributed by atoms with Gasteiger partial charge in [-0.2, -0.15) is 10.2 Å². The third kappa shape index (κ3) is 3.94. The molecule has 2 N–H and O–H groups in total. The highest BCUT2D eigenvalue weighted by molar-refractivity contribution is 5.85. The van der Waals surface area contributed by atoms with E-state index >= 15 is 0 Å². The normalized spacial score (nSPS) is 10.4. The average Bonchev–Trinajstić information content (AvgIpc) is 3.07. The SMILES string of the molecule is O=C(CCn1ccc(C(=O)O)n1)NCCn1cccn1. The first-order valence-electron chi connectivity index (χ1n) is 6.16. The van der Waals surface area contributed by atoms with Gasteiger partial charge < -0.3 is 10.4 Å². The monoisotopic (exact) mass is 277 g/mol. The van der Waals surface area contributed by atoms with Crippen LogP contribution in [-0.2, 0) is 17.9 Å². The van der Waals surface area contributed by atoms with Gasteiger partial charge in [-0.25, -0.2) is 4.79 Å². The minimum atomic E-state index is -1.08. The maximum Gasteiger partial charge on any atom is 0.356 e. The summed E-state index contributed by atoms with van der Waals surface area (Å²) in [5.74, 6) is -1.18. The Hall–Kier alpha value is -2.64. The number of aryl methyl sites for hydroxylation is 1. The molecule has 0 saturated carbocycles. The van der Waals surface area contributed by atoms with E-state index in [1.807, 2.05) is 12.3 Å². The summed E-state index contributed by atoms with van der Waals surface area (Å²) in [6.45, 7) is 1.46. The predicted molar refractivity (Wildman–Crippen MR) is 69.0 cm³/mol. The van der Waals surface area contributed by atoms with E-state index in [1.165, 1.54) is 10.7 Å². The van der Waals surface area contributed by atoms with Crippen LogP contribution in [0.3, 0.4) is 0 Å². The maximum atomic E-state index is 11.6. The quantitative estimate of drug-likeness (QED) is 0.740. The minimum absolute atomic E-state index is 0.0240. The van der Waals surface area contributed by atoms with Crippen molar-refractivity contribution in [2.75, 3.05) is 6.54 Å². The van der Waals surface area contributed by atoms with Gasteiger partial charge in [-0.1, -0.05) is 0 Å². The first-order chi connectivity index (χ1) is 9.65. The summed E-state index contributed by atoms with van der Waals surface area (Å²) in [5, 5.41) is 19.3. The molecule has 2 aromatic heterocycles. The van der Waals surface area contributed by atoms with Crippen LogP contribution in [0.2, 0.25) is 0 Å². The second kappa shape index (κ2) is 6.50. The number of nitrogens with one attached hydrogen (secondary N) is 1. The molecule has 0 saturated heterocycles. The number of hydrogen-bond acceptors (Lipinski definition) is 4. The molecule has 2 aromatic rings. The lowest BCUT2D eigenvalue weighted by Gasteiger charge is -2.05. The Morgan fingerprint density at radius 2 is 2.10 bits per heavy atom. The summed E-state index contributed by atoms with van der Waals surface area (Å²) in [6, 6.07) is 3.22. The Kier molecular flexibility index (Phi) is 4.48. The zero-order valence-corrected chi connectivity index (χ0v) is 10.8. The van der Waals surface area contributed by atoms with E-state index in [9.17, 15) is 9.59 Å². The fraction of sp³-hybridized carbons (Fsp3) is 0.333. The number of carbonyl (C=O) groups is 2. The number of aromatic nitrogens is 4. The smallest absolute Gasteiger partial charge is 0.356 e. The van der Waals surface area contributed by atoms with Gasteiger partial charge >= 0.3 is 5.97 Å². The highest BCUT2D eigenvalue weighted by atomic mass is 16.4. The van der Waals surface area contributed by atoms with Crippen molar-refractivity contribution in [1.29, 1.82) is 0 Å². The van der Waals surface area contributed by atoms with Gasteiger partial charge in [0.1, 0.15) is 0 Å². The topological polar surface area (TPSA) is 102 Å². The van der Waals surface area contributed by atoms with Crippen LogP contribution in [0.1, 0.15) is 16.9 Å². The summed E-state index contributed by atoms with van der Waals surface area (Å²) in [4.78, 5) is 22.2. The lowest BCUT2D eigenvalue weighted by molar-refractivity contribution is -0.121. The van der Waals surface area contributed by atoms with E-state index in [1.54, 1.807) is 17.1 Å². The molecular formula is C12H15N5O3. The molecule has 20 heavy (non-hydrogen) atoms. The van der Waals surface area contributed by atoms with Crippen molar-refractivity contribution in [3.8, 4) is 0 Å². The molecule has 0 aliphatic carbocycles. The second-order valence-electron chi connectivity index (χ2n) is 4.14. The van der Waals surface area contributed by atoms with Crippen molar-refractivity contribution in [1.82, 2.24) is 24.9 Å². The zero-order chi connectivity index (χ0) is 14.4. The van der Waals surface area contributed by atoms with Crippen LogP contribution >= 0.6 is 0 Å². The molecule has 8 nitrogen and oxygen atoms in total. The molecule has 0 unspecified atom stereocenters. The van der Waals surface area contributed by atoms with Gasteiger partial charge in [0.15, 0.2) is 5.69 Å². The molecule has 2 rings (SSSR count). The standard InChI is InChI=1S/C12H15N5O3/c18-11(13-5-9-16-6-1-4-14-16)3-8-17-7-2-10(15-17)12(19)20/h1-2,4,6-7H,3,5,8-9H2,(H,13,18)(H,19,20). The molecule has 0 aliphatic heterocycles. The largest absolute Gasteiger partial charge is 0.476 e. The molecule has 0 atom stereocenters. The lowest BCUT2D eigenvalue weighted by Crippen LogP contribution is -2.28. The number of aromatic carboxylic acids is 1. The van der Waals surface area contributed by atoms with Gasteiger partial charge in [-0.15, -0.1) is 0 Å². The number of nitrogens with zero attached hydrogens (tertiary/aromatic N) is 4. The summed E-state index contributed by atoms with van der Waals surface area (Å²) in [7, 11) is 0. The molecule has 1 amide bonds. The van der Waals surface area contributed by atoms with Crippen LogP contribution in [0.5, 0.6) is 0 Å². The third-order valence-corrected chi connectivity index (χ3v) is 2.65. The van der Waals surface area contributed by atoms with Crippen molar-refractivity contribution in [3.05, 3.63) is 36.4 Å². The molecule has 0 spiro atoms. The first kappa shape index (κ1) is 13.8. The summed E-state index contributed by atoms with van der Waals surface area (Å²) in [6.07, 6.45) is 5.29. The van der Waals surface area contributed by atoms with Crippen LogP contribution in [0.25, 0.3) is 0 Å². The average molecular weight is 277 g/mol. The van der Waals surface area contributed by atoms with Crippen LogP contribution in [0.4, 0.5) is 0 Å². The molecule has 0 bridgehead atoms. The van der Waals surface area contributed by atoms with E-state index in [0.29, 0.717) is 19.6 Å². The predicted octanol–water partition coefficient (Wildman–Crippen LogP) is -0.0157.